The second kappa shape index (κ2) is 9.46. The number of nitrogens with one attached hydrogen (secondary N) is 1. The third-order valence-electron chi connectivity index (χ3n) is 6.39. The molecule has 1 aliphatic heterocycles. The third-order valence-corrected chi connectivity index (χ3v) is 8.65. The van der Waals surface area contributed by atoms with E-state index in [1.165, 1.54) is 23.4 Å². The van der Waals surface area contributed by atoms with Crippen LogP contribution < -0.4 is 5.32 Å². The number of carbonyl (C=O) groups is 1. The fourth-order valence-corrected chi connectivity index (χ4v) is 6.58. The summed E-state index contributed by atoms with van der Waals surface area (Å²) in [7, 11) is -3.55. The molecule has 1 amide bonds. The van der Waals surface area contributed by atoms with Crippen molar-refractivity contribution >= 4 is 15.7 Å². The van der Waals surface area contributed by atoms with Gasteiger partial charge in [0.15, 0.2) is 9.84 Å². The van der Waals surface area contributed by atoms with E-state index in [4.69, 9.17) is 0 Å². The molecule has 2 aliphatic rings. The summed E-state index contributed by atoms with van der Waals surface area (Å²) in [6.45, 7) is -0.154. The Kier molecular flexibility index (Phi) is 6.81. The van der Waals surface area contributed by atoms with Crippen LogP contribution in [0.4, 0.5) is 13.2 Å². The molecule has 1 atom stereocenters. The number of amides is 1. The van der Waals surface area contributed by atoms with Crippen molar-refractivity contribution in [2.24, 2.45) is 5.92 Å². The Morgan fingerprint density at radius 1 is 1.18 bits per heavy atom. The molecule has 1 saturated heterocycles. The van der Waals surface area contributed by atoms with Crippen LogP contribution in [0.3, 0.4) is 0 Å². The number of rotatable bonds is 7. The molecule has 180 valence electrons. The average Bonchev–Trinajstić information content (AvgIpc) is 3.53. The quantitative estimate of drug-likeness (QED) is 0.653. The molecule has 7 nitrogen and oxygen atoms in total. The van der Waals surface area contributed by atoms with Crippen LogP contribution in [0.1, 0.15) is 42.5 Å². The van der Waals surface area contributed by atoms with Crippen LogP contribution in [0.2, 0.25) is 0 Å². The maximum Gasteiger partial charge on any atom is 0.401 e. The maximum absolute atomic E-state index is 13.1. The molecule has 2 aromatic rings. The van der Waals surface area contributed by atoms with Crippen molar-refractivity contribution in [1.29, 1.82) is 0 Å². The van der Waals surface area contributed by atoms with Gasteiger partial charge in [0, 0.05) is 25.5 Å². The number of benzene rings is 1. The van der Waals surface area contributed by atoms with Gasteiger partial charge in [0.1, 0.15) is 0 Å². The molecule has 0 spiro atoms. The molecule has 1 saturated carbocycles. The van der Waals surface area contributed by atoms with E-state index in [0.29, 0.717) is 31.5 Å². The zero-order valence-electron chi connectivity index (χ0n) is 18.1. The smallest absolute Gasteiger partial charge is 0.352 e. The summed E-state index contributed by atoms with van der Waals surface area (Å²) in [4.78, 5) is 18.5. The Morgan fingerprint density at radius 2 is 1.94 bits per heavy atom. The predicted octanol–water partition coefficient (Wildman–Crippen LogP) is 3.20. The summed E-state index contributed by atoms with van der Waals surface area (Å²) in [5.41, 5.74) is 0.678. The summed E-state index contributed by atoms with van der Waals surface area (Å²) >= 11 is 0. The first kappa shape index (κ1) is 23.7. The van der Waals surface area contributed by atoms with Gasteiger partial charge in [-0.05, 0) is 49.9 Å². The highest BCUT2D eigenvalue weighted by molar-refractivity contribution is 7.92. The molecular formula is C22H27F3N4O3S. The zero-order valence-corrected chi connectivity index (χ0v) is 18.9. The average molecular weight is 485 g/mol. The largest absolute Gasteiger partial charge is 0.401 e. The number of carbonyl (C=O) groups excluding carboxylic acids is 1. The first-order chi connectivity index (χ1) is 15.6. The topological polar surface area (TPSA) is 84.3 Å². The summed E-state index contributed by atoms with van der Waals surface area (Å²) in [5, 5.41) is 2.36. The molecule has 1 aromatic carbocycles. The second-order valence-corrected chi connectivity index (χ2v) is 11.0. The molecule has 4 rings (SSSR count). The molecule has 1 N–H and O–H groups in total. The van der Waals surface area contributed by atoms with Gasteiger partial charge in [-0.1, -0.05) is 12.8 Å². The zero-order chi connectivity index (χ0) is 23.6. The number of halogens is 3. The van der Waals surface area contributed by atoms with Crippen LogP contribution in [0.5, 0.6) is 0 Å². The Hall–Kier alpha value is -2.40. The highest BCUT2D eigenvalue weighted by atomic mass is 32.2. The Balaban J connectivity index is 1.52. The molecule has 1 aliphatic carbocycles. The molecule has 2 heterocycles. The van der Waals surface area contributed by atoms with Crippen LogP contribution in [-0.2, 0) is 9.84 Å². The maximum atomic E-state index is 13.1. The summed E-state index contributed by atoms with van der Waals surface area (Å²) in [6, 6.07) is 4.52. The SMILES string of the molecule is O=C(NCC1CCN(CC(F)(F)F)C1)c1cc(S(=O)(=O)C2CCCC2)ccc1-n1ccnc1. The van der Waals surface area contributed by atoms with E-state index >= 15 is 0 Å². The lowest BCUT2D eigenvalue weighted by Crippen LogP contribution is -2.35. The van der Waals surface area contributed by atoms with Crippen molar-refractivity contribution < 1.29 is 26.4 Å². The lowest BCUT2D eigenvalue weighted by molar-refractivity contribution is -0.143. The first-order valence-corrected chi connectivity index (χ1v) is 12.6. The molecule has 11 heteroatoms. The van der Waals surface area contributed by atoms with Gasteiger partial charge in [0.05, 0.1) is 34.3 Å². The van der Waals surface area contributed by atoms with Crippen molar-refractivity contribution in [3.05, 3.63) is 42.5 Å². The minimum absolute atomic E-state index is 0.0987. The van der Waals surface area contributed by atoms with E-state index in [1.54, 1.807) is 23.0 Å². The Bertz CT molecular complexity index is 1080. The number of imidazole rings is 1. The van der Waals surface area contributed by atoms with E-state index in [0.717, 1.165) is 12.8 Å². The van der Waals surface area contributed by atoms with Crippen molar-refractivity contribution in [3.63, 3.8) is 0 Å². The molecule has 0 bridgehead atoms. The summed E-state index contributed by atoms with van der Waals surface area (Å²) in [5.74, 6) is -0.560. The number of likely N-dealkylation sites (tertiary alicyclic amines) is 1. The van der Waals surface area contributed by atoms with E-state index in [2.05, 4.69) is 10.3 Å². The van der Waals surface area contributed by atoms with Gasteiger partial charge in [-0.3, -0.25) is 9.69 Å². The van der Waals surface area contributed by atoms with Gasteiger partial charge in [-0.2, -0.15) is 13.2 Å². The summed E-state index contributed by atoms with van der Waals surface area (Å²) < 4.78 is 65.7. The molecular weight excluding hydrogens is 457 g/mol. The number of nitrogens with zero attached hydrogens (tertiary/aromatic N) is 3. The van der Waals surface area contributed by atoms with Crippen LogP contribution in [-0.4, -0.2) is 66.4 Å². The van der Waals surface area contributed by atoms with E-state index in [9.17, 15) is 26.4 Å². The predicted molar refractivity (Wildman–Crippen MR) is 116 cm³/mol. The number of hydrogen-bond donors (Lipinski definition) is 1. The van der Waals surface area contributed by atoms with E-state index in [-0.39, 0.29) is 29.5 Å². The fourth-order valence-electron chi connectivity index (χ4n) is 4.70. The normalized spacial score (nSPS) is 20.4. The minimum atomic E-state index is -4.25. The first-order valence-electron chi connectivity index (χ1n) is 11.1. The highest BCUT2D eigenvalue weighted by Gasteiger charge is 2.35. The number of aromatic nitrogens is 2. The minimum Gasteiger partial charge on any atom is -0.352 e. The van der Waals surface area contributed by atoms with Gasteiger partial charge < -0.3 is 9.88 Å². The van der Waals surface area contributed by atoms with Crippen LogP contribution in [0, 0.1) is 5.92 Å². The van der Waals surface area contributed by atoms with Gasteiger partial charge in [-0.25, -0.2) is 13.4 Å². The molecule has 2 fully saturated rings. The monoisotopic (exact) mass is 484 g/mol. The lowest BCUT2D eigenvalue weighted by atomic mass is 10.1. The van der Waals surface area contributed by atoms with Crippen molar-refractivity contribution in [3.8, 4) is 5.69 Å². The molecule has 33 heavy (non-hydrogen) atoms. The van der Waals surface area contributed by atoms with Crippen LogP contribution in [0.15, 0.2) is 41.8 Å². The fraction of sp³-hybridized carbons (Fsp3) is 0.545. The summed E-state index contributed by atoms with van der Waals surface area (Å²) in [6.07, 6.45) is 4.01. The molecule has 1 unspecified atom stereocenters. The van der Waals surface area contributed by atoms with Crippen molar-refractivity contribution in [2.75, 3.05) is 26.2 Å². The van der Waals surface area contributed by atoms with Gasteiger partial charge in [0.2, 0.25) is 0 Å². The van der Waals surface area contributed by atoms with E-state index in [1.807, 2.05) is 0 Å². The number of alkyl halides is 3. The van der Waals surface area contributed by atoms with Crippen LogP contribution in [0.25, 0.3) is 5.69 Å². The van der Waals surface area contributed by atoms with Gasteiger partial charge in [-0.15, -0.1) is 0 Å². The van der Waals surface area contributed by atoms with Gasteiger partial charge >= 0.3 is 6.18 Å². The lowest BCUT2D eigenvalue weighted by Gasteiger charge is -2.18. The van der Waals surface area contributed by atoms with Crippen molar-refractivity contribution in [1.82, 2.24) is 19.8 Å². The Labute approximate surface area is 190 Å². The van der Waals surface area contributed by atoms with Crippen molar-refractivity contribution in [2.45, 2.75) is 48.4 Å². The Morgan fingerprint density at radius 3 is 2.61 bits per heavy atom. The number of sulfone groups is 1. The third kappa shape index (κ3) is 5.57. The molecule has 1 aromatic heterocycles. The molecule has 0 radical (unpaired) electrons. The highest BCUT2D eigenvalue weighted by Crippen LogP contribution is 2.31. The standard InChI is InChI=1S/C22H27F3N4O3S/c23-22(24,25)14-28-9-7-16(13-28)12-27-21(30)19-11-18(33(31,32)17-3-1-2-4-17)5-6-20(19)29-10-8-26-15-29/h5-6,8,10-11,15-17H,1-4,7,9,12-14H2,(H,27,30). The van der Waals surface area contributed by atoms with Gasteiger partial charge in [0.25, 0.3) is 5.91 Å². The second-order valence-electron chi connectivity index (χ2n) is 8.82. The number of hydrogen-bond acceptors (Lipinski definition) is 5. The van der Waals surface area contributed by atoms with Crippen LogP contribution >= 0.6 is 0 Å². The van der Waals surface area contributed by atoms with E-state index < -0.39 is 33.7 Å².